The third-order valence-corrected chi connectivity index (χ3v) is 2.92. The predicted molar refractivity (Wildman–Crippen MR) is 49.7 cm³/mol. The molecule has 1 rings (SSSR count). The van der Waals surface area contributed by atoms with E-state index in [1.54, 1.807) is 7.11 Å². The van der Waals surface area contributed by atoms with Gasteiger partial charge in [-0.25, -0.2) is 0 Å². The summed E-state index contributed by atoms with van der Waals surface area (Å²) in [6.45, 7) is 6.49. The maximum absolute atomic E-state index is 5.24. The predicted octanol–water partition coefficient (Wildman–Crippen LogP) is 3.19. The molecule has 1 aromatic heterocycles. The molecule has 1 nitrogen and oxygen atoms in total. The van der Waals surface area contributed by atoms with Gasteiger partial charge in [0.05, 0.1) is 7.11 Å². The molecule has 0 aliphatic rings. The van der Waals surface area contributed by atoms with Gasteiger partial charge in [0.1, 0.15) is 5.75 Å². The largest absolute Gasteiger partial charge is 0.496 e. The minimum absolute atomic E-state index is 0.573. The average molecular weight is 170 g/mol. The van der Waals surface area contributed by atoms with Gasteiger partial charge in [0.2, 0.25) is 0 Å². The van der Waals surface area contributed by atoms with Crippen molar-refractivity contribution in [2.75, 3.05) is 7.11 Å². The summed E-state index contributed by atoms with van der Waals surface area (Å²) in [4.78, 5) is 2.68. The summed E-state index contributed by atoms with van der Waals surface area (Å²) < 4.78 is 5.24. The van der Waals surface area contributed by atoms with Crippen LogP contribution < -0.4 is 4.74 Å². The first-order chi connectivity index (χ1) is 5.15. The number of rotatable bonds is 2. The van der Waals surface area contributed by atoms with Crippen molar-refractivity contribution in [2.45, 2.75) is 26.7 Å². The molecule has 2 heteroatoms. The van der Waals surface area contributed by atoms with Gasteiger partial charge in [-0.2, -0.15) is 0 Å². The Morgan fingerprint density at radius 1 is 1.45 bits per heavy atom. The Hall–Kier alpha value is -0.500. The highest BCUT2D eigenvalue weighted by molar-refractivity contribution is 7.12. The van der Waals surface area contributed by atoms with E-state index in [0.717, 1.165) is 5.75 Å². The fourth-order valence-electron chi connectivity index (χ4n) is 1.07. The molecular formula is C9H14OS. The molecule has 62 valence electrons. The van der Waals surface area contributed by atoms with Gasteiger partial charge in [-0.1, -0.05) is 13.8 Å². The number of thiophene rings is 1. The lowest BCUT2D eigenvalue weighted by atomic mass is 10.2. The number of hydrogen-bond donors (Lipinski definition) is 0. The van der Waals surface area contributed by atoms with E-state index in [1.165, 1.54) is 9.75 Å². The molecule has 0 N–H and O–H groups in total. The van der Waals surface area contributed by atoms with Crippen LogP contribution in [-0.4, -0.2) is 7.11 Å². The van der Waals surface area contributed by atoms with Crippen LogP contribution in [0.15, 0.2) is 6.07 Å². The van der Waals surface area contributed by atoms with Gasteiger partial charge < -0.3 is 4.74 Å². The highest BCUT2D eigenvalue weighted by atomic mass is 32.1. The Morgan fingerprint density at radius 2 is 2.09 bits per heavy atom. The minimum atomic E-state index is 0.573. The first-order valence-electron chi connectivity index (χ1n) is 3.79. The second-order valence-electron chi connectivity index (χ2n) is 2.94. The zero-order valence-corrected chi connectivity index (χ0v) is 8.29. The Kier molecular flexibility index (Phi) is 2.55. The molecule has 0 amide bonds. The van der Waals surface area contributed by atoms with E-state index in [4.69, 9.17) is 4.74 Å². The van der Waals surface area contributed by atoms with Gasteiger partial charge in [-0.05, 0) is 18.9 Å². The molecule has 0 aliphatic carbocycles. The Labute approximate surface area is 72.0 Å². The third kappa shape index (κ3) is 1.74. The van der Waals surface area contributed by atoms with Crippen LogP contribution in [0.25, 0.3) is 0 Å². The molecule has 0 atom stereocenters. The SMILES string of the molecule is COc1cc(C)sc1C(C)C. The van der Waals surface area contributed by atoms with Crippen LogP contribution in [0.4, 0.5) is 0 Å². The van der Waals surface area contributed by atoms with Crippen LogP contribution in [-0.2, 0) is 0 Å². The molecule has 0 aromatic carbocycles. The molecule has 1 aromatic rings. The molecular weight excluding hydrogens is 156 g/mol. The van der Waals surface area contributed by atoms with Crippen LogP contribution >= 0.6 is 11.3 Å². The number of ether oxygens (including phenoxy) is 1. The van der Waals surface area contributed by atoms with Crippen molar-refractivity contribution in [1.29, 1.82) is 0 Å². The summed E-state index contributed by atoms with van der Waals surface area (Å²) in [6.07, 6.45) is 0. The highest BCUT2D eigenvalue weighted by Crippen LogP contribution is 2.34. The van der Waals surface area contributed by atoms with Crippen molar-refractivity contribution in [3.05, 3.63) is 15.8 Å². The second kappa shape index (κ2) is 3.26. The van der Waals surface area contributed by atoms with Gasteiger partial charge in [-0.3, -0.25) is 0 Å². The van der Waals surface area contributed by atoms with Crippen molar-refractivity contribution in [3.63, 3.8) is 0 Å². The zero-order valence-electron chi connectivity index (χ0n) is 7.47. The first kappa shape index (κ1) is 8.60. The van der Waals surface area contributed by atoms with Crippen LogP contribution in [0.5, 0.6) is 5.75 Å². The molecule has 0 saturated carbocycles. The van der Waals surface area contributed by atoms with E-state index < -0.39 is 0 Å². The molecule has 0 unspecified atom stereocenters. The maximum atomic E-state index is 5.24. The summed E-state index contributed by atoms with van der Waals surface area (Å²) in [5, 5.41) is 0. The van der Waals surface area contributed by atoms with Gasteiger partial charge >= 0.3 is 0 Å². The summed E-state index contributed by atoms with van der Waals surface area (Å²) in [6, 6.07) is 2.10. The molecule has 0 spiro atoms. The van der Waals surface area contributed by atoms with Gasteiger partial charge in [-0.15, -0.1) is 11.3 Å². The Bertz CT molecular complexity index is 238. The first-order valence-corrected chi connectivity index (χ1v) is 4.61. The van der Waals surface area contributed by atoms with E-state index in [9.17, 15) is 0 Å². The lowest BCUT2D eigenvalue weighted by Gasteiger charge is -2.03. The van der Waals surface area contributed by atoms with Gasteiger partial charge in [0.15, 0.2) is 0 Å². The van der Waals surface area contributed by atoms with Crippen molar-refractivity contribution >= 4 is 11.3 Å². The summed E-state index contributed by atoms with van der Waals surface area (Å²) in [5.41, 5.74) is 0. The van der Waals surface area contributed by atoms with Crippen LogP contribution in [0, 0.1) is 6.92 Å². The summed E-state index contributed by atoms with van der Waals surface area (Å²) >= 11 is 1.82. The second-order valence-corrected chi connectivity index (χ2v) is 4.23. The van der Waals surface area contributed by atoms with Crippen molar-refractivity contribution < 1.29 is 4.74 Å². The fraction of sp³-hybridized carbons (Fsp3) is 0.556. The fourth-order valence-corrected chi connectivity index (χ4v) is 2.06. The lowest BCUT2D eigenvalue weighted by Crippen LogP contribution is -1.87. The third-order valence-electron chi connectivity index (χ3n) is 1.59. The maximum Gasteiger partial charge on any atom is 0.133 e. The Balaban J connectivity index is 3.02. The molecule has 0 saturated heterocycles. The van der Waals surface area contributed by atoms with Crippen molar-refractivity contribution in [2.24, 2.45) is 0 Å². The molecule has 0 aliphatic heterocycles. The number of methoxy groups -OCH3 is 1. The lowest BCUT2D eigenvalue weighted by molar-refractivity contribution is 0.410. The monoisotopic (exact) mass is 170 g/mol. The zero-order chi connectivity index (χ0) is 8.43. The standard InChI is InChI=1S/C9H14OS/c1-6(2)9-8(10-4)5-7(3)11-9/h5-6H,1-4H3. The quantitative estimate of drug-likeness (QED) is 0.662. The molecule has 0 radical (unpaired) electrons. The summed E-state index contributed by atoms with van der Waals surface area (Å²) in [7, 11) is 1.73. The smallest absolute Gasteiger partial charge is 0.133 e. The van der Waals surface area contributed by atoms with Crippen LogP contribution in [0.1, 0.15) is 29.5 Å². The van der Waals surface area contributed by atoms with E-state index in [-0.39, 0.29) is 0 Å². The molecule has 0 bridgehead atoms. The minimum Gasteiger partial charge on any atom is -0.496 e. The number of hydrogen-bond acceptors (Lipinski definition) is 2. The number of aryl methyl sites for hydroxylation is 1. The normalized spacial score (nSPS) is 10.6. The molecule has 11 heavy (non-hydrogen) atoms. The van der Waals surface area contributed by atoms with Crippen LogP contribution in [0.3, 0.4) is 0 Å². The van der Waals surface area contributed by atoms with Crippen LogP contribution in [0.2, 0.25) is 0 Å². The van der Waals surface area contributed by atoms with E-state index >= 15 is 0 Å². The van der Waals surface area contributed by atoms with Gasteiger partial charge in [0, 0.05) is 9.75 Å². The molecule has 0 fully saturated rings. The highest BCUT2D eigenvalue weighted by Gasteiger charge is 2.09. The van der Waals surface area contributed by atoms with Crippen molar-refractivity contribution in [3.8, 4) is 5.75 Å². The summed E-state index contributed by atoms with van der Waals surface area (Å²) in [5.74, 6) is 1.62. The van der Waals surface area contributed by atoms with E-state index in [0.29, 0.717) is 5.92 Å². The molecule has 1 heterocycles. The van der Waals surface area contributed by atoms with E-state index in [1.807, 2.05) is 11.3 Å². The topological polar surface area (TPSA) is 9.23 Å². The average Bonchev–Trinajstić information content (AvgIpc) is 2.30. The van der Waals surface area contributed by atoms with E-state index in [2.05, 4.69) is 26.8 Å². The van der Waals surface area contributed by atoms with Gasteiger partial charge in [0.25, 0.3) is 0 Å². The van der Waals surface area contributed by atoms with Crippen molar-refractivity contribution in [1.82, 2.24) is 0 Å². The Morgan fingerprint density at radius 3 is 2.45 bits per heavy atom.